The molecule has 2 aliphatic rings. The first kappa shape index (κ1) is 23.2. The van der Waals surface area contributed by atoms with Gasteiger partial charge in [-0.1, -0.05) is 11.6 Å². The molecule has 0 aliphatic carbocycles. The molecule has 2 fully saturated rings. The number of hydrogen-bond acceptors (Lipinski definition) is 7. The number of hydrogen-bond donors (Lipinski definition) is 1. The van der Waals surface area contributed by atoms with Crippen LogP contribution in [-0.2, 0) is 0 Å². The summed E-state index contributed by atoms with van der Waals surface area (Å²) in [4.78, 5) is 28.7. The van der Waals surface area contributed by atoms with Crippen LogP contribution in [0.3, 0.4) is 0 Å². The normalized spacial score (nSPS) is 16.5. The van der Waals surface area contributed by atoms with Gasteiger partial charge in [0.1, 0.15) is 17.3 Å². The van der Waals surface area contributed by atoms with Crippen LogP contribution in [0.4, 0.5) is 22.2 Å². The van der Waals surface area contributed by atoms with Crippen molar-refractivity contribution in [2.75, 3.05) is 68.6 Å². The van der Waals surface area contributed by atoms with Crippen LogP contribution in [0, 0.1) is 6.92 Å². The van der Waals surface area contributed by atoms with Gasteiger partial charge in [0.2, 0.25) is 5.95 Å². The molecule has 1 N–H and O–H groups in total. The highest BCUT2D eigenvalue weighted by Gasteiger charge is 2.24. The molecule has 2 amide bonds. The first-order chi connectivity index (χ1) is 16.0. The number of urea groups is 1. The predicted octanol–water partition coefficient (Wildman–Crippen LogP) is 3.80. The number of piperazine rings is 1. The zero-order chi connectivity index (χ0) is 23.4. The van der Waals surface area contributed by atoms with E-state index in [1.807, 2.05) is 13.0 Å². The molecular formula is C23H31ClN6O3. The molecule has 4 rings (SSSR count). The minimum absolute atomic E-state index is 0.193. The highest BCUT2D eigenvalue weighted by molar-refractivity contribution is 6.32. The van der Waals surface area contributed by atoms with Gasteiger partial charge < -0.3 is 29.5 Å². The summed E-state index contributed by atoms with van der Waals surface area (Å²) >= 11 is 6.23. The Labute approximate surface area is 199 Å². The Morgan fingerprint density at radius 1 is 0.909 bits per heavy atom. The number of nitrogens with zero attached hydrogens (tertiary/aromatic N) is 5. The molecule has 33 heavy (non-hydrogen) atoms. The highest BCUT2D eigenvalue weighted by Crippen LogP contribution is 2.36. The number of piperidine rings is 1. The van der Waals surface area contributed by atoms with E-state index in [1.165, 1.54) is 26.4 Å². The maximum atomic E-state index is 12.9. The average Bonchev–Trinajstić information content (AvgIpc) is 2.84. The highest BCUT2D eigenvalue weighted by atomic mass is 35.5. The van der Waals surface area contributed by atoms with Gasteiger partial charge in [0.25, 0.3) is 0 Å². The van der Waals surface area contributed by atoms with Crippen LogP contribution in [0.2, 0.25) is 5.02 Å². The largest absolute Gasteiger partial charge is 0.495 e. The van der Waals surface area contributed by atoms with Gasteiger partial charge in [-0.2, -0.15) is 4.98 Å². The summed E-state index contributed by atoms with van der Waals surface area (Å²) in [6.45, 7) is 6.59. The predicted molar refractivity (Wildman–Crippen MR) is 130 cm³/mol. The van der Waals surface area contributed by atoms with E-state index in [1.54, 1.807) is 24.1 Å². The molecule has 2 aromatic rings. The number of carbonyl (C=O) groups excluding carboxylic acids is 1. The van der Waals surface area contributed by atoms with Crippen LogP contribution in [-0.4, -0.2) is 74.4 Å². The Bertz CT molecular complexity index is 990. The number of benzene rings is 1. The van der Waals surface area contributed by atoms with Crippen molar-refractivity contribution in [1.29, 1.82) is 0 Å². The maximum absolute atomic E-state index is 12.9. The van der Waals surface area contributed by atoms with Crippen LogP contribution in [0.5, 0.6) is 11.5 Å². The molecule has 0 spiro atoms. The number of aryl methyl sites for hydroxylation is 1. The molecule has 0 bridgehead atoms. The van der Waals surface area contributed by atoms with Crippen LogP contribution >= 0.6 is 11.6 Å². The third-order valence-corrected chi connectivity index (χ3v) is 6.37. The molecule has 0 atom stereocenters. The summed E-state index contributed by atoms with van der Waals surface area (Å²) in [6, 6.07) is 5.13. The Morgan fingerprint density at radius 3 is 2.27 bits per heavy atom. The number of aromatic nitrogens is 2. The zero-order valence-corrected chi connectivity index (χ0v) is 20.2. The number of ether oxygens (including phenoxy) is 2. The summed E-state index contributed by atoms with van der Waals surface area (Å²) in [7, 11) is 3.08. The van der Waals surface area contributed by atoms with Crippen molar-refractivity contribution >= 4 is 35.1 Å². The van der Waals surface area contributed by atoms with E-state index >= 15 is 0 Å². The third-order valence-electron chi connectivity index (χ3n) is 6.07. The standard InChI is InChI=1S/C23H31ClN6O3/c1-16-13-21(27-22(25-16)29-7-5-4-6-8-29)28-9-11-30(12-10-28)23(31)26-18-14-17(24)19(32-2)15-20(18)33-3/h13-15H,4-12H2,1-3H3,(H,26,31). The number of amides is 2. The monoisotopic (exact) mass is 474 g/mol. The second-order valence-electron chi connectivity index (χ2n) is 8.31. The van der Waals surface area contributed by atoms with E-state index in [2.05, 4.69) is 20.1 Å². The lowest BCUT2D eigenvalue weighted by Crippen LogP contribution is -2.50. The molecule has 0 radical (unpaired) electrons. The number of carbonyl (C=O) groups is 1. The number of anilines is 3. The molecule has 0 unspecified atom stereocenters. The van der Waals surface area contributed by atoms with E-state index < -0.39 is 0 Å². The number of halogens is 1. The Morgan fingerprint density at radius 2 is 1.61 bits per heavy atom. The first-order valence-electron chi connectivity index (χ1n) is 11.3. The molecule has 0 saturated carbocycles. The number of nitrogens with one attached hydrogen (secondary N) is 1. The molecule has 1 aromatic heterocycles. The summed E-state index contributed by atoms with van der Waals surface area (Å²) in [6.07, 6.45) is 3.64. The van der Waals surface area contributed by atoms with Gasteiger partial charge in [0.05, 0.1) is 24.9 Å². The van der Waals surface area contributed by atoms with Crippen molar-refractivity contribution in [2.24, 2.45) is 0 Å². The minimum Gasteiger partial charge on any atom is -0.495 e. The zero-order valence-electron chi connectivity index (χ0n) is 19.4. The van der Waals surface area contributed by atoms with E-state index in [0.29, 0.717) is 48.4 Å². The second kappa shape index (κ2) is 10.3. The van der Waals surface area contributed by atoms with Crippen molar-refractivity contribution in [1.82, 2.24) is 14.9 Å². The van der Waals surface area contributed by atoms with Crippen LogP contribution in [0.25, 0.3) is 0 Å². The van der Waals surface area contributed by atoms with Crippen molar-refractivity contribution in [3.05, 3.63) is 28.9 Å². The van der Waals surface area contributed by atoms with Gasteiger partial charge in [0, 0.05) is 57.1 Å². The fourth-order valence-corrected chi connectivity index (χ4v) is 4.47. The van der Waals surface area contributed by atoms with Crippen LogP contribution < -0.4 is 24.6 Å². The molecular weight excluding hydrogens is 444 g/mol. The SMILES string of the molecule is COc1cc(OC)c(NC(=O)N2CCN(c3cc(C)nc(N4CCCCC4)n3)CC2)cc1Cl. The van der Waals surface area contributed by atoms with E-state index in [0.717, 1.165) is 30.5 Å². The van der Waals surface area contributed by atoms with Crippen molar-refractivity contribution in [3.8, 4) is 11.5 Å². The quantitative estimate of drug-likeness (QED) is 0.705. The van der Waals surface area contributed by atoms with Crippen molar-refractivity contribution < 1.29 is 14.3 Å². The summed E-state index contributed by atoms with van der Waals surface area (Å²) < 4.78 is 10.6. The number of methoxy groups -OCH3 is 2. The summed E-state index contributed by atoms with van der Waals surface area (Å²) in [5.74, 6) is 2.72. The van der Waals surface area contributed by atoms with Crippen LogP contribution in [0.15, 0.2) is 18.2 Å². The van der Waals surface area contributed by atoms with Crippen molar-refractivity contribution in [3.63, 3.8) is 0 Å². The van der Waals surface area contributed by atoms with E-state index in [4.69, 9.17) is 26.1 Å². The van der Waals surface area contributed by atoms with Crippen LogP contribution in [0.1, 0.15) is 25.0 Å². The topological polar surface area (TPSA) is 83.1 Å². The lowest BCUT2D eigenvalue weighted by atomic mass is 10.1. The average molecular weight is 475 g/mol. The van der Waals surface area contributed by atoms with Gasteiger partial charge >= 0.3 is 6.03 Å². The molecule has 2 saturated heterocycles. The first-order valence-corrected chi connectivity index (χ1v) is 11.7. The Kier molecular flexibility index (Phi) is 7.27. The van der Waals surface area contributed by atoms with Crippen molar-refractivity contribution in [2.45, 2.75) is 26.2 Å². The molecule has 10 heteroatoms. The molecule has 9 nitrogen and oxygen atoms in total. The third kappa shape index (κ3) is 5.35. The fraction of sp³-hybridized carbons (Fsp3) is 0.522. The van der Waals surface area contributed by atoms with E-state index in [-0.39, 0.29) is 6.03 Å². The summed E-state index contributed by atoms with van der Waals surface area (Å²) in [5.41, 5.74) is 1.47. The minimum atomic E-state index is -0.193. The lowest BCUT2D eigenvalue weighted by Gasteiger charge is -2.36. The van der Waals surface area contributed by atoms with Gasteiger partial charge in [-0.05, 0) is 32.3 Å². The fourth-order valence-electron chi connectivity index (χ4n) is 4.22. The van der Waals surface area contributed by atoms with Gasteiger partial charge in [-0.25, -0.2) is 9.78 Å². The lowest BCUT2D eigenvalue weighted by molar-refractivity contribution is 0.208. The van der Waals surface area contributed by atoms with Gasteiger partial charge in [-0.3, -0.25) is 0 Å². The number of rotatable bonds is 5. The Balaban J connectivity index is 1.39. The smallest absolute Gasteiger partial charge is 0.322 e. The Hall–Kier alpha value is -2.94. The van der Waals surface area contributed by atoms with Gasteiger partial charge in [-0.15, -0.1) is 0 Å². The molecule has 1 aromatic carbocycles. The van der Waals surface area contributed by atoms with E-state index in [9.17, 15) is 4.79 Å². The summed E-state index contributed by atoms with van der Waals surface area (Å²) in [5, 5.41) is 3.32. The molecule has 3 heterocycles. The molecule has 2 aliphatic heterocycles. The molecule has 178 valence electrons. The van der Waals surface area contributed by atoms with Gasteiger partial charge in [0.15, 0.2) is 0 Å². The second-order valence-corrected chi connectivity index (χ2v) is 8.71. The maximum Gasteiger partial charge on any atom is 0.322 e.